The zero-order chi connectivity index (χ0) is 17.6. The molecule has 1 aromatic rings. The van der Waals surface area contributed by atoms with Crippen molar-refractivity contribution >= 4 is 17.5 Å². The first kappa shape index (κ1) is 18.5. The van der Waals surface area contributed by atoms with Crippen LogP contribution in [0.3, 0.4) is 0 Å². The summed E-state index contributed by atoms with van der Waals surface area (Å²) in [6.45, 7) is 6.88. The number of carbonyl (C=O) groups excluding carboxylic acids is 1. The van der Waals surface area contributed by atoms with Crippen molar-refractivity contribution in [2.75, 3.05) is 32.8 Å². The van der Waals surface area contributed by atoms with E-state index in [0.717, 1.165) is 48.7 Å². The first-order valence-corrected chi connectivity index (χ1v) is 9.92. The van der Waals surface area contributed by atoms with Gasteiger partial charge >= 0.3 is 0 Å². The summed E-state index contributed by atoms with van der Waals surface area (Å²) in [6, 6.07) is 6.32. The molecular weight excluding hydrogens is 336 g/mol. The maximum Gasteiger partial charge on any atom is 0.222 e. The van der Waals surface area contributed by atoms with E-state index in [4.69, 9.17) is 16.3 Å². The molecule has 2 saturated heterocycles. The number of halogens is 1. The number of rotatable bonds is 6. The van der Waals surface area contributed by atoms with E-state index >= 15 is 0 Å². The van der Waals surface area contributed by atoms with Crippen LogP contribution in [0.15, 0.2) is 18.2 Å². The molecule has 1 aromatic carbocycles. The van der Waals surface area contributed by atoms with Gasteiger partial charge in [-0.2, -0.15) is 0 Å². The van der Waals surface area contributed by atoms with Crippen molar-refractivity contribution in [2.24, 2.45) is 0 Å². The average Bonchev–Trinajstić information content (AvgIpc) is 3.15. The van der Waals surface area contributed by atoms with E-state index in [1.165, 1.54) is 25.9 Å². The molecule has 0 atom stereocenters. The molecule has 0 unspecified atom stereocenters. The van der Waals surface area contributed by atoms with E-state index in [1.807, 2.05) is 30.0 Å². The summed E-state index contributed by atoms with van der Waals surface area (Å²) in [5.74, 6) is 1.12. The van der Waals surface area contributed by atoms with Crippen LogP contribution in [0.25, 0.3) is 0 Å². The zero-order valence-corrected chi connectivity index (χ0v) is 15.9. The Kier molecular flexibility index (Phi) is 6.60. The Bertz CT molecular complexity index is 579. The third kappa shape index (κ3) is 5.11. The van der Waals surface area contributed by atoms with Gasteiger partial charge in [0, 0.05) is 30.6 Å². The molecule has 0 bridgehead atoms. The van der Waals surface area contributed by atoms with Gasteiger partial charge < -0.3 is 14.5 Å². The Labute approximate surface area is 156 Å². The lowest BCUT2D eigenvalue weighted by Gasteiger charge is -2.36. The highest BCUT2D eigenvalue weighted by atomic mass is 35.5. The van der Waals surface area contributed by atoms with E-state index in [9.17, 15) is 4.79 Å². The van der Waals surface area contributed by atoms with E-state index in [0.29, 0.717) is 19.1 Å². The van der Waals surface area contributed by atoms with Gasteiger partial charge in [-0.25, -0.2) is 0 Å². The van der Waals surface area contributed by atoms with Crippen molar-refractivity contribution in [1.82, 2.24) is 9.80 Å². The number of piperidine rings is 1. The second-order valence-corrected chi connectivity index (χ2v) is 7.65. The number of nitrogens with zero attached hydrogens (tertiary/aromatic N) is 2. The lowest BCUT2D eigenvalue weighted by Crippen LogP contribution is -2.45. The Morgan fingerprint density at radius 3 is 2.60 bits per heavy atom. The van der Waals surface area contributed by atoms with Gasteiger partial charge in [0.15, 0.2) is 0 Å². The Morgan fingerprint density at radius 1 is 1.20 bits per heavy atom. The third-order valence-corrected chi connectivity index (χ3v) is 5.64. The van der Waals surface area contributed by atoms with Crippen LogP contribution in [-0.2, 0) is 4.79 Å². The molecule has 0 aliphatic carbocycles. The summed E-state index contributed by atoms with van der Waals surface area (Å²) in [7, 11) is 0. The maximum absolute atomic E-state index is 12.4. The molecule has 0 N–H and O–H groups in total. The van der Waals surface area contributed by atoms with Gasteiger partial charge in [0.2, 0.25) is 5.91 Å². The van der Waals surface area contributed by atoms with E-state index in [2.05, 4.69) is 4.90 Å². The van der Waals surface area contributed by atoms with E-state index < -0.39 is 0 Å². The summed E-state index contributed by atoms with van der Waals surface area (Å²) in [5, 5.41) is 0.720. The highest BCUT2D eigenvalue weighted by Crippen LogP contribution is 2.23. The van der Waals surface area contributed by atoms with Crippen LogP contribution >= 0.6 is 11.6 Å². The molecule has 4 nitrogen and oxygen atoms in total. The monoisotopic (exact) mass is 364 g/mol. The number of ether oxygens (including phenoxy) is 1. The van der Waals surface area contributed by atoms with Gasteiger partial charge in [-0.1, -0.05) is 11.6 Å². The molecule has 0 spiro atoms. The van der Waals surface area contributed by atoms with Crippen LogP contribution in [0.1, 0.15) is 44.1 Å². The zero-order valence-electron chi connectivity index (χ0n) is 15.2. The van der Waals surface area contributed by atoms with Crippen molar-refractivity contribution in [3.05, 3.63) is 28.8 Å². The number of carbonyl (C=O) groups is 1. The molecule has 138 valence electrons. The molecule has 5 heteroatoms. The number of benzene rings is 1. The summed E-state index contributed by atoms with van der Waals surface area (Å²) in [5.41, 5.74) is 1.03. The number of hydrogen-bond donors (Lipinski definition) is 0. The largest absolute Gasteiger partial charge is 0.493 e. The molecule has 3 rings (SSSR count). The van der Waals surface area contributed by atoms with Crippen LogP contribution in [-0.4, -0.2) is 54.5 Å². The fourth-order valence-electron chi connectivity index (χ4n) is 3.93. The lowest BCUT2D eigenvalue weighted by molar-refractivity contribution is -0.133. The summed E-state index contributed by atoms with van der Waals surface area (Å²) < 4.78 is 5.78. The van der Waals surface area contributed by atoms with Crippen LogP contribution in [0.5, 0.6) is 5.75 Å². The van der Waals surface area contributed by atoms with Gasteiger partial charge in [0.05, 0.1) is 6.61 Å². The Balaban J connectivity index is 1.34. The Hall–Kier alpha value is -1.26. The first-order valence-electron chi connectivity index (χ1n) is 9.54. The van der Waals surface area contributed by atoms with Crippen LogP contribution in [0.2, 0.25) is 5.02 Å². The van der Waals surface area contributed by atoms with Crippen molar-refractivity contribution in [2.45, 2.75) is 51.5 Å². The van der Waals surface area contributed by atoms with Crippen molar-refractivity contribution in [3.63, 3.8) is 0 Å². The SMILES string of the molecule is Cc1cc(Cl)ccc1OCCCC(=O)N1CCC(N2CCCC2)CC1. The second-order valence-electron chi connectivity index (χ2n) is 7.22. The van der Waals surface area contributed by atoms with Crippen LogP contribution in [0.4, 0.5) is 0 Å². The third-order valence-electron chi connectivity index (χ3n) is 5.40. The summed E-state index contributed by atoms with van der Waals surface area (Å²) >= 11 is 5.95. The van der Waals surface area contributed by atoms with Crippen molar-refractivity contribution in [1.29, 1.82) is 0 Å². The molecule has 2 aliphatic rings. The predicted molar refractivity (Wildman–Crippen MR) is 101 cm³/mol. The topological polar surface area (TPSA) is 32.8 Å². The lowest BCUT2D eigenvalue weighted by atomic mass is 10.0. The fraction of sp³-hybridized carbons (Fsp3) is 0.650. The van der Waals surface area contributed by atoms with E-state index in [-0.39, 0.29) is 5.91 Å². The number of likely N-dealkylation sites (tertiary alicyclic amines) is 2. The van der Waals surface area contributed by atoms with Crippen molar-refractivity contribution < 1.29 is 9.53 Å². The minimum Gasteiger partial charge on any atom is -0.493 e. The summed E-state index contributed by atoms with van der Waals surface area (Å²) in [4.78, 5) is 17.0. The van der Waals surface area contributed by atoms with Gasteiger partial charge in [0.1, 0.15) is 5.75 Å². The molecule has 25 heavy (non-hydrogen) atoms. The second kappa shape index (κ2) is 8.91. The molecule has 1 amide bonds. The fourth-order valence-corrected chi connectivity index (χ4v) is 4.15. The van der Waals surface area contributed by atoms with Gasteiger partial charge in [-0.3, -0.25) is 4.79 Å². The van der Waals surface area contributed by atoms with Crippen LogP contribution in [0, 0.1) is 6.92 Å². The molecule has 2 heterocycles. The maximum atomic E-state index is 12.4. The highest BCUT2D eigenvalue weighted by Gasteiger charge is 2.27. The Morgan fingerprint density at radius 2 is 1.92 bits per heavy atom. The molecule has 0 saturated carbocycles. The van der Waals surface area contributed by atoms with Crippen LogP contribution < -0.4 is 4.74 Å². The quantitative estimate of drug-likeness (QED) is 0.718. The van der Waals surface area contributed by atoms with Gasteiger partial charge in [-0.05, 0) is 75.9 Å². The molecule has 2 aliphatic heterocycles. The minimum absolute atomic E-state index is 0.274. The highest BCUT2D eigenvalue weighted by molar-refractivity contribution is 6.30. The average molecular weight is 365 g/mol. The van der Waals surface area contributed by atoms with Gasteiger partial charge in [-0.15, -0.1) is 0 Å². The number of amides is 1. The number of hydrogen-bond acceptors (Lipinski definition) is 3. The van der Waals surface area contributed by atoms with Crippen molar-refractivity contribution in [3.8, 4) is 5.75 Å². The van der Waals surface area contributed by atoms with Gasteiger partial charge in [0.25, 0.3) is 0 Å². The normalized spacial score (nSPS) is 19.4. The summed E-state index contributed by atoms with van der Waals surface area (Å²) in [6.07, 6.45) is 6.27. The first-order chi connectivity index (χ1) is 12.1. The molecule has 2 fully saturated rings. The molecule has 0 radical (unpaired) electrons. The minimum atomic E-state index is 0.274. The molecule has 0 aromatic heterocycles. The van der Waals surface area contributed by atoms with E-state index in [1.54, 1.807) is 0 Å². The predicted octanol–water partition coefficient (Wildman–Crippen LogP) is 3.89. The molecular formula is C20H29ClN2O2. The smallest absolute Gasteiger partial charge is 0.222 e. The number of aryl methyl sites for hydroxylation is 1. The standard InChI is InChI=1S/C20H29ClN2O2/c1-16-15-17(21)6-7-19(16)25-14-4-5-20(24)23-12-8-18(9-13-23)22-10-2-3-11-22/h6-7,15,18H,2-5,8-14H2,1H3.